The second kappa shape index (κ2) is 12.6. The maximum Gasteiger partial charge on any atom is 0.254 e. The third-order valence-corrected chi connectivity index (χ3v) is 8.75. The Balaban J connectivity index is 0.000000168. The molecule has 1 atom stereocenters. The van der Waals surface area contributed by atoms with E-state index in [1.165, 1.54) is 15.9 Å². The predicted molar refractivity (Wildman–Crippen MR) is 182 cm³/mol. The average Bonchev–Trinajstić information content (AvgIpc) is 3.21. The second-order valence-electron chi connectivity index (χ2n) is 11.2. The number of para-hydroxylation sites is 1. The maximum absolute atomic E-state index is 12.9. The summed E-state index contributed by atoms with van der Waals surface area (Å²) < 4.78 is 6.32. The minimum absolute atomic E-state index is 0.0969. The van der Waals surface area contributed by atoms with Crippen molar-refractivity contribution in [1.29, 1.82) is 0 Å². The van der Waals surface area contributed by atoms with E-state index in [-0.39, 0.29) is 36.6 Å². The van der Waals surface area contributed by atoms with Crippen molar-refractivity contribution < 1.29 is 23.9 Å². The molecule has 0 bridgehead atoms. The van der Waals surface area contributed by atoms with Crippen LogP contribution in [0.2, 0.25) is 10.0 Å². The van der Waals surface area contributed by atoms with Crippen LogP contribution in [0.25, 0.3) is 0 Å². The molecule has 0 N–H and O–H groups in total. The fourth-order valence-electron chi connectivity index (χ4n) is 6.01. The molecule has 0 aromatic heterocycles. The minimum Gasteiger partial charge on any atom is -0.464 e. The molecule has 238 valence electrons. The first-order valence-electron chi connectivity index (χ1n) is 14.8. The first-order chi connectivity index (χ1) is 22.5. The van der Waals surface area contributed by atoms with Crippen LogP contribution in [0.3, 0.4) is 0 Å². The van der Waals surface area contributed by atoms with Gasteiger partial charge in [-0.25, -0.2) is 0 Å². The summed E-state index contributed by atoms with van der Waals surface area (Å²) in [5.41, 5.74) is 2.82. The lowest BCUT2D eigenvalue weighted by Gasteiger charge is -2.45. The van der Waals surface area contributed by atoms with Gasteiger partial charge in [0.25, 0.3) is 5.91 Å². The number of amides is 4. The van der Waals surface area contributed by atoms with Crippen LogP contribution >= 0.6 is 23.2 Å². The minimum atomic E-state index is -1.25. The molecule has 9 nitrogen and oxygen atoms in total. The largest absolute Gasteiger partial charge is 0.464 e. The third kappa shape index (κ3) is 5.73. The number of likely N-dealkylation sites (N-methyl/N-ethyl adjacent to an activating group) is 1. The number of halogens is 2. The molecule has 7 rings (SSSR count). The van der Waals surface area contributed by atoms with Gasteiger partial charge in [0.05, 0.1) is 17.1 Å². The number of fused-ring (bicyclic) bond motifs is 4. The van der Waals surface area contributed by atoms with Crippen molar-refractivity contribution in [3.05, 3.63) is 130 Å². The number of carbonyl (C=O) groups excluding carboxylic acids is 4. The van der Waals surface area contributed by atoms with Crippen molar-refractivity contribution in [2.45, 2.75) is 19.1 Å². The van der Waals surface area contributed by atoms with Gasteiger partial charge in [-0.15, -0.1) is 0 Å². The summed E-state index contributed by atoms with van der Waals surface area (Å²) in [5.74, 6) is -0.484. The van der Waals surface area contributed by atoms with Crippen LogP contribution in [0, 0.1) is 0 Å². The standard InChI is InChI=1S/C20H17ClN2O3.C16H13ClN2O2/c1-13-10-18(24)23-12-19(25)22(2)17-9-8-15(21)11-16(17)20(23,26-13)14-6-4-3-5-7-14;1-18-13-8-7-11(17)9-14(13)19(16(21)10-15(18)20)12-5-3-2-4-6-12/h3-11H,12H2,1-2H3;2-9H,10H2,1H3. The smallest absolute Gasteiger partial charge is 0.254 e. The van der Waals surface area contributed by atoms with Crippen LogP contribution < -0.4 is 14.7 Å². The zero-order valence-corrected chi connectivity index (χ0v) is 27.3. The number of hydrogen-bond acceptors (Lipinski definition) is 5. The molecule has 0 aliphatic carbocycles. The Hall–Kier alpha value is -5.12. The lowest BCUT2D eigenvalue weighted by Crippen LogP contribution is -2.54. The summed E-state index contributed by atoms with van der Waals surface area (Å²) in [5, 5.41) is 1.02. The molecule has 4 aromatic rings. The highest BCUT2D eigenvalue weighted by atomic mass is 35.5. The van der Waals surface area contributed by atoms with Gasteiger partial charge in [0.15, 0.2) is 0 Å². The number of allylic oxidation sites excluding steroid dienone is 1. The average molecular weight is 670 g/mol. The molecular formula is C36H30Cl2N4O5. The molecule has 4 aromatic carbocycles. The van der Waals surface area contributed by atoms with E-state index in [1.54, 1.807) is 67.2 Å². The summed E-state index contributed by atoms with van der Waals surface area (Å²) in [4.78, 5) is 56.2. The summed E-state index contributed by atoms with van der Waals surface area (Å²) in [6, 6.07) is 29.1. The number of ether oxygens (including phenoxy) is 1. The molecule has 3 aliphatic rings. The highest BCUT2D eigenvalue weighted by Gasteiger charge is 2.52. The molecule has 0 spiro atoms. The molecule has 0 fully saturated rings. The molecule has 4 amide bonds. The number of carbonyl (C=O) groups is 4. The molecule has 0 saturated carbocycles. The Morgan fingerprint density at radius 3 is 1.96 bits per heavy atom. The zero-order valence-electron chi connectivity index (χ0n) is 25.8. The Labute approximate surface area is 282 Å². The Morgan fingerprint density at radius 1 is 0.681 bits per heavy atom. The van der Waals surface area contributed by atoms with E-state index in [1.807, 2.05) is 60.7 Å². The van der Waals surface area contributed by atoms with Crippen molar-refractivity contribution >= 4 is 69.6 Å². The number of rotatable bonds is 2. The zero-order chi connectivity index (χ0) is 33.5. The number of hydrogen-bond donors (Lipinski definition) is 0. The van der Waals surface area contributed by atoms with Crippen molar-refractivity contribution in [3.63, 3.8) is 0 Å². The Morgan fingerprint density at radius 2 is 1.28 bits per heavy atom. The topological polar surface area (TPSA) is 90.5 Å². The lowest BCUT2D eigenvalue weighted by molar-refractivity contribution is -0.161. The monoisotopic (exact) mass is 668 g/mol. The molecule has 11 heteroatoms. The van der Waals surface area contributed by atoms with Gasteiger partial charge in [0, 0.05) is 47.0 Å². The second-order valence-corrected chi connectivity index (χ2v) is 12.1. The van der Waals surface area contributed by atoms with Gasteiger partial charge in [-0.05, 0) is 55.5 Å². The first kappa shape index (κ1) is 31.8. The predicted octanol–water partition coefficient (Wildman–Crippen LogP) is 6.65. The van der Waals surface area contributed by atoms with E-state index in [9.17, 15) is 19.2 Å². The van der Waals surface area contributed by atoms with Crippen LogP contribution in [0.1, 0.15) is 24.5 Å². The highest BCUT2D eigenvalue weighted by Crippen LogP contribution is 2.47. The molecule has 3 aliphatic heterocycles. The molecular weight excluding hydrogens is 639 g/mol. The van der Waals surface area contributed by atoms with Gasteiger partial charge in [-0.2, -0.15) is 0 Å². The van der Waals surface area contributed by atoms with E-state index in [2.05, 4.69) is 0 Å². The Bertz CT molecular complexity index is 1930. The first-order valence-corrected chi connectivity index (χ1v) is 15.5. The summed E-state index contributed by atoms with van der Waals surface area (Å²) in [7, 11) is 3.35. The van der Waals surface area contributed by atoms with E-state index in [4.69, 9.17) is 27.9 Å². The molecule has 0 radical (unpaired) electrons. The van der Waals surface area contributed by atoms with Gasteiger partial charge in [-0.3, -0.25) is 29.0 Å². The van der Waals surface area contributed by atoms with Crippen molar-refractivity contribution in [2.75, 3.05) is 35.3 Å². The van der Waals surface area contributed by atoms with E-state index in [0.29, 0.717) is 44.1 Å². The fourth-order valence-corrected chi connectivity index (χ4v) is 6.35. The van der Waals surface area contributed by atoms with Gasteiger partial charge >= 0.3 is 0 Å². The van der Waals surface area contributed by atoms with Gasteiger partial charge in [-0.1, -0.05) is 71.7 Å². The van der Waals surface area contributed by atoms with Crippen molar-refractivity contribution in [1.82, 2.24) is 4.90 Å². The normalized spacial score (nSPS) is 19.0. The number of nitrogens with zero attached hydrogens (tertiary/aromatic N) is 4. The van der Waals surface area contributed by atoms with E-state index < -0.39 is 5.72 Å². The summed E-state index contributed by atoms with van der Waals surface area (Å²) in [6.07, 6.45) is 1.24. The Kier molecular flexibility index (Phi) is 8.53. The van der Waals surface area contributed by atoms with Crippen LogP contribution in [0.5, 0.6) is 0 Å². The molecule has 1 unspecified atom stereocenters. The van der Waals surface area contributed by atoms with Crippen LogP contribution in [-0.2, 0) is 29.6 Å². The van der Waals surface area contributed by atoms with Gasteiger partial charge in [0.1, 0.15) is 18.7 Å². The van der Waals surface area contributed by atoms with Crippen molar-refractivity contribution in [2.24, 2.45) is 0 Å². The maximum atomic E-state index is 12.9. The van der Waals surface area contributed by atoms with Gasteiger partial charge in [0.2, 0.25) is 23.4 Å². The summed E-state index contributed by atoms with van der Waals surface area (Å²) >= 11 is 12.4. The quantitative estimate of drug-likeness (QED) is 0.223. The summed E-state index contributed by atoms with van der Waals surface area (Å²) in [6.45, 7) is 1.64. The van der Waals surface area contributed by atoms with E-state index >= 15 is 0 Å². The van der Waals surface area contributed by atoms with Crippen LogP contribution in [0.4, 0.5) is 22.7 Å². The molecule has 3 heterocycles. The highest BCUT2D eigenvalue weighted by molar-refractivity contribution is 6.31. The van der Waals surface area contributed by atoms with Crippen molar-refractivity contribution in [3.8, 4) is 0 Å². The van der Waals surface area contributed by atoms with Gasteiger partial charge < -0.3 is 14.5 Å². The number of benzene rings is 4. The molecule has 47 heavy (non-hydrogen) atoms. The molecule has 0 saturated heterocycles. The van der Waals surface area contributed by atoms with E-state index in [0.717, 1.165) is 5.56 Å². The SMILES string of the molecule is CC1=CC(=O)N2CC(=O)N(C)c3ccc(Cl)cc3C2(c2ccccc2)O1.CN1C(=O)CC(=O)N(c2ccccc2)c2cc(Cl)ccc21. The van der Waals surface area contributed by atoms with Crippen LogP contribution in [-0.4, -0.2) is 49.2 Å². The third-order valence-electron chi connectivity index (χ3n) is 8.28. The fraction of sp³-hybridized carbons (Fsp3) is 0.167. The lowest BCUT2D eigenvalue weighted by atomic mass is 9.90. The number of anilines is 4. The van der Waals surface area contributed by atoms with Crippen LogP contribution in [0.15, 0.2) is 109 Å².